The van der Waals surface area contributed by atoms with E-state index < -0.39 is 5.82 Å². The van der Waals surface area contributed by atoms with E-state index in [2.05, 4.69) is 10.3 Å². The largest absolute Gasteiger partial charge is 0.491 e. The summed E-state index contributed by atoms with van der Waals surface area (Å²) < 4.78 is 49.9. The third-order valence-corrected chi connectivity index (χ3v) is 7.88. The van der Waals surface area contributed by atoms with Crippen LogP contribution in [0.2, 0.25) is 0 Å². The van der Waals surface area contributed by atoms with Gasteiger partial charge in [0.25, 0.3) is 0 Å². The summed E-state index contributed by atoms with van der Waals surface area (Å²) in [5.41, 5.74) is 2.56. The van der Waals surface area contributed by atoms with Gasteiger partial charge in [-0.15, -0.1) is 5.10 Å². The van der Waals surface area contributed by atoms with Gasteiger partial charge >= 0.3 is 0 Å². The molecular weight excluding hydrogens is 657 g/mol. The van der Waals surface area contributed by atoms with Gasteiger partial charge in [-0.1, -0.05) is 35.5 Å². The van der Waals surface area contributed by atoms with E-state index in [4.69, 9.17) is 27.8 Å². The van der Waals surface area contributed by atoms with E-state index in [1.54, 1.807) is 53.3 Å². The van der Waals surface area contributed by atoms with Crippen molar-refractivity contribution in [1.29, 1.82) is 0 Å². The number of hydrogen-bond acceptors (Lipinski definition) is 10. The summed E-state index contributed by atoms with van der Waals surface area (Å²) >= 11 is 0. The van der Waals surface area contributed by atoms with Crippen LogP contribution in [0.15, 0.2) is 128 Å². The molecular formula is C39H32FN3O8. The second-order valence-electron chi connectivity index (χ2n) is 11.5. The molecule has 0 fully saturated rings. The van der Waals surface area contributed by atoms with Crippen LogP contribution < -0.4 is 20.3 Å². The van der Waals surface area contributed by atoms with Crippen molar-refractivity contribution in [3.05, 3.63) is 141 Å². The Kier molecular flexibility index (Phi) is 10.2. The lowest BCUT2D eigenvalue weighted by atomic mass is 10.1. The smallest absolute Gasteiger partial charge is 0.193 e. The van der Waals surface area contributed by atoms with Crippen LogP contribution in [-0.2, 0) is 22.6 Å². The molecule has 0 amide bonds. The fourth-order valence-electron chi connectivity index (χ4n) is 5.34. The van der Waals surface area contributed by atoms with E-state index >= 15 is 0 Å². The topological polar surface area (TPSA) is 128 Å². The summed E-state index contributed by atoms with van der Waals surface area (Å²) in [5.74, 6) is 1.61. The Hall–Kier alpha value is -6.11. The molecule has 0 radical (unpaired) electrons. The Balaban J connectivity index is 0.789. The molecule has 0 atom stereocenters. The number of halogens is 1. The standard InChI is InChI=1S/C39H32FN3O8/c40-28-8-13-36-33(20-28)35(45)23-38(50-36)27-6-9-30(10-7-27)48-18-16-46-15-14-43-24-29(41-42-43)25-47-17-19-49-31-11-12-32-34(44)22-37(51-39(32)21-31)26-4-2-1-3-5-26/h1-13,20-24H,14-19,25H2. The maximum absolute atomic E-state index is 13.5. The first-order valence-corrected chi connectivity index (χ1v) is 16.3. The minimum atomic E-state index is -0.488. The van der Waals surface area contributed by atoms with E-state index in [0.717, 1.165) is 5.56 Å². The van der Waals surface area contributed by atoms with Crippen LogP contribution in [-0.4, -0.2) is 48.0 Å². The molecule has 7 aromatic rings. The third kappa shape index (κ3) is 8.38. The normalized spacial score (nSPS) is 11.3. The zero-order chi connectivity index (χ0) is 35.0. The molecule has 3 heterocycles. The number of rotatable bonds is 15. The van der Waals surface area contributed by atoms with Gasteiger partial charge in [-0.25, -0.2) is 9.07 Å². The maximum atomic E-state index is 13.5. The molecule has 4 aromatic carbocycles. The van der Waals surface area contributed by atoms with Crippen molar-refractivity contribution in [2.24, 2.45) is 0 Å². The van der Waals surface area contributed by atoms with Crippen molar-refractivity contribution in [1.82, 2.24) is 15.0 Å². The minimum Gasteiger partial charge on any atom is -0.491 e. The van der Waals surface area contributed by atoms with Crippen molar-refractivity contribution in [2.75, 3.05) is 33.0 Å². The Morgan fingerprint density at radius 3 is 2.12 bits per heavy atom. The Morgan fingerprint density at radius 1 is 0.627 bits per heavy atom. The van der Waals surface area contributed by atoms with Crippen LogP contribution >= 0.6 is 0 Å². The average molecular weight is 690 g/mol. The molecule has 11 nitrogen and oxygen atoms in total. The monoisotopic (exact) mass is 689 g/mol. The van der Waals surface area contributed by atoms with Crippen LogP contribution in [0.4, 0.5) is 4.39 Å². The van der Waals surface area contributed by atoms with Crippen LogP contribution in [0.1, 0.15) is 5.69 Å². The summed E-state index contributed by atoms with van der Waals surface area (Å²) in [6.45, 7) is 2.55. The molecule has 51 heavy (non-hydrogen) atoms. The summed E-state index contributed by atoms with van der Waals surface area (Å²) in [5, 5.41) is 8.94. The number of nitrogens with zero attached hydrogens (tertiary/aromatic N) is 3. The first-order valence-electron chi connectivity index (χ1n) is 16.3. The SMILES string of the molecule is O=c1cc(-c2ccccc2)oc2cc(OCCOCc3cn(CCOCCOc4ccc(-c5cc(=O)c6cc(F)ccc6o5)cc4)nn3)ccc12. The van der Waals surface area contributed by atoms with Gasteiger partial charge in [0.2, 0.25) is 0 Å². The molecule has 0 saturated heterocycles. The van der Waals surface area contributed by atoms with Gasteiger partial charge in [0.1, 0.15) is 58.9 Å². The van der Waals surface area contributed by atoms with Gasteiger partial charge in [0.15, 0.2) is 10.9 Å². The number of ether oxygens (including phenoxy) is 4. The van der Waals surface area contributed by atoms with Gasteiger partial charge in [-0.3, -0.25) is 9.59 Å². The molecule has 0 spiro atoms. The molecule has 0 aliphatic rings. The molecule has 0 N–H and O–H groups in total. The maximum Gasteiger partial charge on any atom is 0.193 e. The minimum absolute atomic E-state index is 0.114. The van der Waals surface area contributed by atoms with Gasteiger partial charge in [-0.2, -0.15) is 0 Å². The highest BCUT2D eigenvalue weighted by atomic mass is 19.1. The van der Waals surface area contributed by atoms with Crippen molar-refractivity contribution >= 4 is 21.9 Å². The van der Waals surface area contributed by atoms with Crippen molar-refractivity contribution in [3.63, 3.8) is 0 Å². The molecule has 258 valence electrons. The molecule has 3 aromatic heterocycles. The Morgan fingerprint density at radius 2 is 1.31 bits per heavy atom. The lowest BCUT2D eigenvalue weighted by Crippen LogP contribution is -2.11. The van der Waals surface area contributed by atoms with Crippen molar-refractivity contribution in [3.8, 4) is 34.1 Å². The first kappa shape index (κ1) is 33.4. The predicted octanol–water partition coefficient (Wildman–Crippen LogP) is 6.66. The average Bonchev–Trinajstić information content (AvgIpc) is 3.61. The van der Waals surface area contributed by atoms with E-state index in [9.17, 15) is 14.0 Å². The van der Waals surface area contributed by atoms with Crippen LogP contribution in [0, 0.1) is 5.82 Å². The Labute approximate surface area is 290 Å². The third-order valence-electron chi connectivity index (χ3n) is 7.88. The van der Waals surface area contributed by atoms with E-state index in [1.165, 1.54) is 30.3 Å². The quantitative estimate of drug-likeness (QED) is 0.108. The fourth-order valence-corrected chi connectivity index (χ4v) is 5.34. The molecule has 7 rings (SSSR count). The molecule has 0 saturated carbocycles. The zero-order valence-electron chi connectivity index (χ0n) is 27.3. The van der Waals surface area contributed by atoms with E-state index in [-0.39, 0.29) is 22.9 Å². The lowest BCUT2D eigenvalue weighted by Gasteiger charge is -2.08. The fraction of sp³-hybridized carbons (Fsp3) is 0.179. The summed E-state index contributed by atoms with van der Waals surface area (Å²) in [7, 11) is 0. The lowest BCUT2D eigenvalue weighted by molar-refractivity contribution is 0.0867. The van der Waals surface area contributed by atoms with Crippen molar-refractivity contribution in [2.45, 2.75) is 13.2 Å². The molecule has 0 bridgehead atoms. The zero-order valence-corrected chi connectivity index (χ0v) is 27.3. The highest BCUT2D eigenvalue weighted by Crippen LogP contribution is 2.26. The predicted molar refractivity (Wildman–Crippen MR) is 187 cm³/mol. The molecule has 0 unspecified atom stereocenters. The van der Waals surface area contributed by atoms with E-state index in [0.29, 0.717) is 90.4 Å². The van der Waals surface area contributed by atoms with Crippen LogP contribution in [0.3, 0.4) is 0 Å². The number of benzene rings is 4. The van der Waals surface area contributed by atoms with Crippen LogP contribution in [0.25, 0.3) is 44.6 Å². The first-order chi connectivity index (χ1) is 25.0. The van der Waals surface area contributed by atoms with Gasteiger partial charge in [0, 0.05) is 29.3 Å². The van der Waals surface area contributed by atoms with Gasteiger partial charge < -0.3 is 27.8 Å². The van der Waals surface area contributed by atoms with Gasteiger partial charge in [-0.05, 0) is 54.6 Å². The Bertz CT molecular complexity index is 2370. The molecule has 12 heteroatoms. The van der Waals surface area contributed by atoms with Crippen LogP contribution in [0.5, 0.6) is 11.5 Å². The highest BCUT2D eigenvalue weighted by molar-refractivity contribution is 5.80. The number of fused-ring (bicyclic) bond motifs is 2. The number of hydrogen-bond donors (Lipinski definition) is 0. The summed E-state index contributed by atoms with van der Waals surface area (Å²) in [6.07, 6.45) is 1.80. The second-order valence-corrected chi connectivity index (χ2v) is 11.5. The molecule has 0 aliphatic heterocycles. The second kappa shape index (κ2) is 15.6. The number of aromatic nitrogens is 3. The summed E-state index contributed by atoms with van der Waals surface area (Å²) in [6, 6.07) is 28.5. The molecule has 0 aliphatic carbocycles. The van der Waals surface area contributed by atoms with Crippen molar-refractivity contribution < 1.29 is 32.2 Å². The summed E-state index contributed by atoms with van der Waals surface area (Å²) in [4.78, 5) is 25.0. The van der Waals surface area contributed by atoms with Gasteiger partial charge in [0.05, 0.1) is 49.9 Å². The van der Waals surface area contributed by atoms with E-state index in [1.807, 2.05) is 30.3 Å². The highest BCUT2D eigenvalue weighted by Gasteiger charge is 2.10.